The minimum atomic E-state index is -1.59. The number of hydrogen-bond acceptors (Lipinski definition) is 17. The van der Waals surface area contributed by atoms with Crippen molar-refractivity contribution in [2.24, 2.45) is 11.1 Å². The predicted molar refractivity (Wildman–Crippen MR) is 232 cm³/mol. The van der Waals surface area contributed by atoms with E-state index in [2.05, 4.69) is 30.6 Å². The Labute approximate surface area is 367 Å². The third-order valence-corrected chi connectivity index (χ3v) is 12.6. The topological polar surface area (TPSA) is 190 Å². The quantitative estimate of drug-likeness (QED) is 0.0400. The molecular weight excluding hydrogens is 841 g/mol. The summed E-state index contributed by atoms with van der Waals surface area (Å²) in [5.74, 6) is -0.446. The number of Topliss-reactive ketones (excluding diaryl/α,β-unsaturated/α-hetero) is 1. The van der Waals surface area contributed by atoms with Crippen LogP contribution in [-0.4, -0.2) is 105 Å². The van der Waals surface area contributed by atoms with Gasteiger partial charge in [-0.25, -0.2) is 14.5 Å². The number of ether oxygens (including phenoxy) is 3. The highest BCUT2D eigenvalue weighted by atomic mass is 32.2. The molecule has 19 heteroatoms. The molecule has 4 aromatic rings. The van der Waals surface area contributed by atoms with Gasteiger partial charge >= 0.3 is 11.9 Å². The smallest absolute Gasteiger partial charge is 0.353 e. The fraction of sp³-hybridized carbons (Fsp3) is 0.476. The first kappa shape index (κ1) is 45.4. The SMILES string of the molecule is COc1ccc(Cn2nnnc2C2=C(CSc3ccncc3)CS[C@@H]3[C@H](CC(=O)/C(=N\OC(C)(C)C(=O)OC(C)(C)C)c4csc(CC(=O)OC(C)(C)C)n4)C(=O)N23)c(C)c1. The summed E-state index contributed by atoms with van der Waals surface area (Å²) < 4.78 is 18.1. The molecule has 0 spiro atoms. The first-order valence-electron chi connectivity index (χ1n) is 19.5. The zero-order valence-electron chi connectivity index (χ0n) is 35.9. The van der Waals surface area contributed by atoms with Gasteiger partial charge in [0.15, 0.2) is 17.3 Å². The average molecular weight is 891 g/mol. The Morgan fingerprint density at radius 1 is 1.00 bits per heavy atom. The van der Waals surface area contributed by atoms with Crippen molar-refractivity contribution in [2.45, 2.75) is 109 Å². The molecule has 16 nitrogen and oxygen atoms in total. The molecule has 3 aromatic heterocycles. The number of benzene rings is 1. The number of methoxy groups -OCH3 is 1. The number of β-lactam (4-membered cyclic amide) rings is 1. The summed E-state index contributed by atoms with van der Waals surface area (Å²) in [7, 11) is 1.62. The molecule has 6 rings (SSSR count). The molecule has 61 heavy (non-hydrogen) atoms. The number of hydrogen-bond donors (Lipinski definition) is 0. The zero-order chi connectivity index (χ0) is 44.3. The number of tetrazole rings is 1. The number of oxime groups is 1. The zero-order valence-corrected chi connectivity index (χ0v) is 38.3. The Balaban J connectivity index is 1.29. The molecule has 1 saturated heterocycles. The van der Waals surface area contributed by atoms with E-state index in [-0.39, 0.29) is 30.2 Å². The number of thiazole rings is 1. The summed E-state index contributed by atoms with van der Waals surface area (Å²) >= 11 is 4.32. The monoisotopic (exact) mass is 890 g/mol. The second-order valence-corrected chi connectivity index (χ2v) is 20.0. The third kappa shape index (κ3) is 11.2. The molecule has 1 aromatic carbocycles. The third-order valence-electron chi connectivity index (χ3n) is 9.27. The van der Waals surface area contributed by atoms with Gasteiger partial charge in [-0.05, 0) is 114 Å². The van der Waals surface area contributed by atoms with Gasteiger partial charge in [-0.3, -0.25) is 24.3 Å². The van der Waals surface area contributed by atoms with Gasteiger partial charge in [-0.2, -0.15) is 0 Å². The number of fused-ring (bicyclic) bond motifs is 1. The number of carbonyl (C=O) groups excluding carboxylic acids is 4. The number of esters is 2. The van der Waals surface area contributed by atoms with E-state index in [9.17, 15) is 19.2 Å². The first-order chi connectivity index (χ1) is 28.7. The van der Waals surface area contributed by atoms with Crippen molar-refractivity contribution in [3.05, 3.63) is 81.3 Å². The Bertz CT molecular complexity index is 2350. The second-order valence-electron chi connectivity index (χ2n) is 17.0. The Kier molecular flexibility index (Phi) is 13.7. The summed E-state index contributed by atoms with van der Waals surface area (Å²) in [6.45, 7) is 15.8. The van der Waals surface area contributed by atoms with Crippen molar-refractivity contribution in [2.75, 3.05) is 18.6 Å². The van der Waals surface area contributed by atoms with Gasteiger partial charge in [0.25, 0.3) is 0 Å². The highest BCUT2D eigenvalue weighted by Crippen LogP contribution is 2.48. The molecule has 0 bridgehead atoms. The number of ketones is 1. The normalized spacial score (nSPS) is 17.1. The van der Waals surface area contributed by atoms with Crippen LogP contribution in [0.25, 0.3) is 5.70 Å². The lowest BCUT2D eigenvalue weighted by Crippen LogP contribution is -2.60. The lowest BCUT2D eigenvalue weighted by Gasteiger charge is -2.50. The number of rotatable bonds is 16. The van der Waals surface area contributed by atoms with E-state index in [4.69, 9.17) is 19.0 Å². The van der Waals surface area contributed by atoms with Gasteiger partial charge in [-0.15, -0.1) is 40.0 Å². The molecule has 1 amide bonds. The lowest BCUT2D eigenvalue weighted by molar-refractivity contribution is -0.179. The van der Waals surface area contributed by atoms with Crippen LogP contribution in [-0.2, 0) is 46.5 Å². The van der Waals surface area contributed by atoms with Crippen LogP contribution in [0.2, 0.25) is 0 Å². The van der Waals surface area contributed by atoms with E-state index in [1.54, 1.807) is 99.5 Å². The van der Waals surface area contributed by atoms with Gasteiger partial charge in [0.05, 0.1) is 37.1 Å². The predicted octanol–water partition coefficient (Wildman–Crippen LogP) is 6.31. The van der Waals surface area contributed by atoms with Crippen LogP contribution in [0.3, 0.4) is 0 Å². The molecule has 2 aliphatic rings. The van der Waals surface area contributed by atoms with E-state index in [0.29, 0.717) is 34.6 Å². The molecule has 1 fully saturated rings. The van der Waals surface area contributed by atoms with E-state index in [0.717, 1.165) is 38.7 Å². The second kappa shape index (κ2) is 18.5. The highest BCUT2D eigenvalue weighted by molar-refractivity contribution is 8.01. The Hall–Kier alpha value is -5.14. The van der Waals surface area contributed by atoms with Crippen LogP contribution >= 0.6 is 34.9 Å². The van der Waals surface area contributed by atoms with E-state index < -0.39 is 45.8 Å². The van der Waals surface area contributed by atoms with Gasteiger partial charge in [-0.1, -0.05) is 11.2 Å². The summed E-state index contributed by atoms with van der Waals surface area (Å²) in [6, 6.07) is 9.64. The number of nitrogens with zero attached hydrogens (tertiary/aromatic N) is 8. The van der Waals surface area contributed by atoms with Crippen LogP contribution in [0.5, 0.6) is 5.75 Å². The van der Waals surface area contributed by atoms with Crippen LogP contribution < -0.4 is 4.74 Å². The number of carbonyl (C=O) groups is 4. The summed E-state index contributed by atoms with van der Waals surface area (Å²) in [5, 5.41) is 18.6. The average Bonchev–Trinajstić information content (AvgIpc) is 3.85. The maximum atomic E-state index is 14.4. The Morgan fingerprint density at radius 2 is 1.72 bits per heavy atom. The fourth-order valence-electron chi connectivity index (χ4n) is 6.30. The molecule has 0 N–H and O–H groups in total. The van der Waals surface area contributed by atoms with Crippen LogP contribution in [0.1, 0.15) is 89.5 Å². The maximum absolute atomic E-state index is 14.4. The molecule has 324 valence electrons. The van der Waals surface area contributed by atoms with Gasteiger partial charge in [0.2, 0.25) is 11.5 Å². The largest absolute Gasteiger partial charge is 0.497 e. The van der Waals surface area contributed by atoms with Crippen LogP contribution in [0.4, 0.5) is 0 Å². The van der Waals surface area contributed by atoms with Crippen molar-refractivity contribution >= 4 is 69.9 Å². The van der Waals surface area contributed by atoms with Crippen molar-refractivity contribution < 1.29 is 38.2 Å². The molecular formula is C42H50N8O8S3. The minimum absolute atomic E-state index is 0.128. The van der Waals surface area contributed by atoms with Crippen molar-refractivity contribution in [3.8, 4) is 5.75 Å². The number of amides is 1. The van der Waals surface area contributed by atoms with Crippen molar-refractivity contribution in [1.82, 2.24) is 35.1 Å². The number of aromatic nitrogens is 6. The Morgan fingerprint density at radius 3 is 2.39 bits per heavy atom. The van der Waals surface area contributed by atoms with Gasteiger partial charge in [0.1, 0.15) is 27.7 Å². The molecule has 0 unspecified atom stereocenters. The lowest BCUT2D eigenvalue weighted by atomic mass is 9.89. The van der Waals surface area contributed by atoms with E-state index in [1.165, 1.54) is 13.8 Å². The maximum Gasteiger partial charge on any atom is 0.353 e. The van der Waals surface area contributed by atoms with Crippen LogP contribution in [0, 0.1) is 12.8 Å². The number of aryl methyl sites for hydroxylation is 1. The van der Waals surface area contributed by atoms with Crippen LogP contribution in [0.15, 0.2) is 63.7 Å². The molecule has 0 aliphatic carbocycles. The molecule has 5 heterocycles. The van der Waals surface area contributed by atoms with Gasteiger partial charge < -0.3 is 19.0 Å². The molecule has 0 radical (unpaired) electrons. The standard InChI is InChI=1S/C42H50N8O8S3/c1-24-17-27(55-10)12-11-25(24)20-49-36(45-47-48-49)35-26(21-59-28-13-15-43-16-14-28)22-61-38-29(37(53)50(35)38)18-31(51)34(46-58-42(8,9)39(54)57-41(5,6)7)30-23-60-32(44-30)19-33(52)56-40(2,3)4/h11-17,23,29,38H,18-22H2,1-10H3/b46-34-/t29-,38-/m1/s1. The van der Waals surface area contributed by atoms with E-state index >= 15 is 0 Å². The number of thioether (sulfide) groups is 2. The fourth-order valence-corrected chi connectivity index (χ4v) is 9.50. The summed E-state index contributed by atoms with van der Waals surface area (Å²) in [4.78, 5) is 71.6. The highest BCUT2D eigenvalue weighted by Gasteiger charge is 2.54. The first-order valence-corrected chi connectivity index (χ1v) is 22.4. The van der Waals surface area contributed by atoms with Crippen molar-refractivity contribution in [3.63, 3.8) is 0 Å². The van der Waals surface area contributed by atoms with E-state index in [1.807, 2.05) is 37.3 Å². The molecule has 2 aliphatic heterocycles. The molecule has 2 atom stereocenters. The minimum Gasteiger partial charge on any atom is -0.497 e. The van der Waals surface area contributed by atoms with Gasteiger partial charge in [0, 0.05) is 40.6 Å². The summed E-state index contributed by atoms with van der Waals surface area (Å²) in [5.41, 5.74) is 0.391. The molecule has 0 saturated carbocycles. The van der Waals surface area contributed by atoms with Crippen molar-refractivity contribution in [1.29, 1.82) is 0 Å². The summed E-state index contributed by atoms with van der Waals surface area (Å²) in [6.07, 6.45) is 3.11. The number of pyridine rings is 1.